The van der Waals surface area contributed by atoms with Gasteiger partial charge in [0.1, 0.15) is 31.0 Å². The Labute approximate surface area is 482 Å². The van der Waals surface area contributed by atoms with Gasteiger partial charge in [0.15, 0.2) is 20.7 Å². The highest BCUT2D eigenvalue weighted by atomic mass is 28.4. The molecule has 446 valence electrons. The zero-order chi connectivity index (χ0) is 56.7. The number of ether oxygens (including phenoxy) is 7. The van der Waals surface area contributed by atoms with E-state index in [1.165, 1.54) is 128 Å². The van der Waals surface area contributed by atoms with Gasteiger partial charge in [-0.05, 0) is 47.7 Å². The average Bonchev–Trinajstić information content (AvgIpc) is 3.47. The Morgan fingerprint density at radius 1 is 0.468 bits per heavy atom. The van der Waals surface area contributed by atoms with Gasteiger partial charge in [-0.1, -0.05) is 280 Å². The lowest BCUT2D eigenvalue weighted by atomic mass is 9.98. The fourth-order valence-corrected chi connectivity index (χ4v) is 10.9. The third kappa shape index (κ3) is 29.9. The molecule has 6 atom stereocenters. The van der Waals surface area contributed by atoms with Crippen molar-refractivity contribution in [2.45, 2.75) is 289 Å². The van der Waals surface area contributed by atoms with Gasteiger partial charge in [-0.25, -0.2) is 0 Å². The summed E-state index contributed by atoms with van der Waals surface area (Å²) in [5.41, 5.74) is 2.99. The molecule has 0 aromatic heterocycles. The normalized spacial score (nSPS) is 18.1. The van der Waals surface area contributed by atoms with Gasteiger partial charge in [0.05, 0.1) is 33.0 Å². The van der Waals surface area contributed by atoms with E-state index in [1.807, 2.05) is 91.0 Å². The Morgan fingerprint density at radius 3 is 1.24 bits per heavy atom. The molecule has 1 heterocycles. The van der Waals surface area contributed by atoms with E-state index in [1.54, 1.807) is 0 Å². The first-order valence-corrected chi connectivity index (χ1v) is 34.5. The zero-order valence-corrected chi connectivity index (χ0v) is 51.7. The van der Waals surface area contributed by atoms with E-state index in [-0.39, 0.29) is 49.8 Å². The Morgan fingerprint density at radius 2 is 0.835 bits per heavy atom. The minimum atomic E-state index is -2.29. The molecule has 0 saturated carbocycles. The minimum absolute atomic E-state index is 0.0589. The summed E-state index contributed by atoms with van der Waals surface area (Å²) in [7, 11) is -2.29. The number of carbonyl (C=O) groups excluding carboxylic acids is 2. The highest BCUT2D eigenvalue weighted by molar-refractivity contribution is 6.74. The van der Waals surface area contributed by atoms with Gasteiger partial charge >= 0.3 is 11.9 Å². The first-order chi connectivity index (χ1) is 38.4. The maximum absolute atomic E-state index is 13.7. The number of unbranched alkanes of at least 4 members (excludes halogenated alkanes) is 24. The number of hydrogen-bond acceptors (Lipinski definition) is 10. The lowest BCUT2D eigenvalue weighted by Crippen LogP contribution is -2.62. The summed E-state index contributed by atoms with van der Waals surface area (Å²) >= 11 is 0. The largest absolute Gasteiger partial charge is 0.462 e. The lowest BCUT2D eigenvalue weighted by molar-refractivity contribution is -0.329. The maximum atomic E-state index is 13.7. The molecule has 11 heteroatoms. The quantitative estimate of drug-likeness (QED) is 0.0308. The van der Waals surface area contributed by atoms with Crippen molar-refractivity contribution in [3.05, 3.63) is 108 Å². The number of hydrogen-bond donors (Lipinski definition) is 0. The fraction of sp³-hybridized carbons (Fsp3) is 0.706. The van der Waals surface area contributed by atoms with Crippen molar-refractivity contribution in [1.82, 2.24) is 0 Å². The van der Waals surface area contributed by atoms with Gasteiger partial charge in [-0.2, -0.15) is 0 Å². The van der Waals surface area contributed by atoms with Gasteiger partial charge in [0.2, 0.25) is 0 Å². The van der Waals surface area contributed by atoms with Crippen molar-refractivity contribution >= 4 is 20.3 Å². The van der Waals surface area contributed by atoms with E-state index >= 15 is 0 Å². The van der Waals surface area contributed by atoms with E-state index in [0.29, 0.717) is 19.6 Å². The molecular formula is C68H110O10Si. The van der Waals surface area contributed by atoms with Crippen LogP contribution in [0.1, 0.15) is 231 Å². The molecule has 0 bridgehead atoms. The van der Waals surface area contributed by atoms with Crippen LogP contribution in [-0.4, -0.2) is 76.9 Å². The van der Waals surface area contributed by atoms with Crippen molar-refractivity contribution in [1.29, 1.82) is 0 Å². The molecular weight excluding hydrogens is 1000 g/mol. The third-order valence-corrected chi connectivity index (χ3v) is 20.5. The van der Waals surface area contributed by atoms with E-state index in [2.05, 4.69) is 47.7 Å². The van der Waals surface area contributed by atoms with Gasteiger partial charge in [0, 0.05) is 12.8 Å². The molecule has 10 nitrogen and oxygen atoms in total. The molecule has 1 fully saturated rings. The standard InChI is InChI=1S/C68H110O10Si/c1-8-10-12-14-16-18-20-22-24-26-28-30-41-49-62(69)71-54-60(77-63(70)50-42-31-29-27-25-23-21-19-17-15-13-11-9-2)55-75-67-66(74-53-59-47-39-34-40-48-59)65(73-52-58-45-37-33-38-46-58)64(72-51-57-43-35-32-36-44-57)61(78-67)56-76-79(6,7)68(3,4)5/h32-40,43-48,60-61,64-67H,8-31,41-42,49-56H2,1-7H3/t60-,61-,64-,65+,66-,67+/m1/s1. The minimum Gasteiger partial charge on any atom is -0.462 e. The van der Waals surface area contributed by atoms with Crippen LogP contribution in [0.3, 0.4) is 0 Å². The van der Waals surface area contributed by atoms with Crippen LogP contribution >= 0.6 is 0 Å². The first-order valence-electron chi connectivity index (χ1n) is 31.6. The first kappa shape index (κ1) is 68.1. The molecule has 0 spiro atoms. The molecule has 1 aliphatic heterocycles. The second-order valence-electron chi connectivity index (χ2n) is 24.0. The molecule has 1 aliphatic rings. The van der Waals surface area contributed by atoms with Gasteiger partial charge < -0.3 is 37.6 Å². The monoisotopic (exact) mass is 1110 g/mol. The molecule has 0 aliphatic carbocycles. The number of benzene rings is 3. The van der Waals surface area contributed by atoms with E-state index in [4.69, 9.17) is 37.6 Å². The summed E-state index contributed by atoms with van der Waals surface area (Å²) < 4.78 is 53.6. The van der Waals surface area contributed by atoms with Crippen molar-refractivity contribution < 1.29 is 47.2 Å². The molecule has 4 rings (SSSR count). The molecule has 0 radical (unpaired) electrons. The summed E-state index contributed by atoms with van der Waals surface area (Å²) in [5, 5.41) is -0.0589. The van der Waals surface area contributed by atoms with Gasteiger partial charge in [-0.15, -0.1) is 0 Å². The van der Waals surface area contributed by atoms with Crippen LogP contribution in [0.15, 0.2) is 91.0 Å². The summed E-state index contributed by atoms with van der Waals surface area (Å²) in [5.74, 6) is -0.626. The topological polar surface area (TPSA) is 108 Å². The maximum Gasteiger partial charge on any atom is 0.306 e. The van der Waals surface area contributed by atoms with Crippen LogP contribution in [0.2, 0.25) is 18.1 Å². The van der Waals surface area contributed by atoms with Crippen molar-refractivity contribution in [3.63, 3.8) is 0 Å². The number of esters is 2. The predicted octanol–water partition coefficient (Wildman–Crippen LogP) is 17.9. The summed E-state index contributed by atoms with van der Waals surface area (Å²) in [6.45, 7) is 16.5. The molecule has 79 heavy (non-hydrogen) atoms. The Balaban J connectivity index is 1.49. The summed E-state index contributed by atoms with van der Waals surface area (Å²) in [6, 6.07) is 30.2. The zero-order valence-electron chi connectivity index (χ0n) is 50.7. The highest BCUT2D eigenvalue weighted by Crippen LogP contribution is 2.38. The van der Waals surface area contributed by atoms with Gasteiger partial charge in [0.25, 0.3) is 0 Å². The molecule has 0 amide bonds. The van der Waals surface area contributed by atoms with Crippen LogP contribution in [0.25, 0.3) is 0 Å². The Kier molecular flexibility index (Phi) is 35.8. The van der Waals surface area contributed by atoms with Crippen LogP contribution in [0.4, 0.5) is 0 Å². The number of rotatable bonds is 46. The lowest BCUT2D eigenvalue weighted by Gasteiger charge is -2.47. The molecule has 3 aromatic carbocycles. The van der Waals surface area contributed by atoms with Crippen LogP contribution in [0.5, 0.6) is 0 Å². The average molecular weight is 1120 g/mol. The van der Waals surface area contributed by atoms with E-state index in [9.17, 15) is 9.59 Å². The smallest absolute Gasteiger partial charge is 0.306 e. The summed E-state index contributed by atoms with van der Waals surface area (Å²) in [4.78, 5) is 27.0. The molecule has 0 unspecified atom stereocenters. The van der Waals surface area contributed by atoms with Gasteiger partial charge in [-0.3, -0.25) is 9.59 Å². The summed E-state index contributed by atoms with van der Waals surface area (Å²) in [6.07, 6.45) is 27.9. The van der Waals surface area contributed by atoms with Crippen molar-refractivity contribution in [3.8, 4) is 0 Å². The second kappa shape index (κ2) is 41.5. The SMILES string of the molecule is CCCCCCCCCCCCCCCC(=O)OC[C@H](CO[C@H]1O[C@H](CO[Si](C)(C)C(C)(C)C)[C@@H](OCc2ccccc2)[C@H](OCc2ccccc2)[C@H]1OCc1ccccc1)OC(=O)CCCCCCCCCCCCCCC. The van der Waals surface area contributed by atoms with Crippen LogP contribution in [-0.2, 0) is 67.0 Å². The Hall–Kier alpha value is -3.42. The van der Waals surface area contributed by atoms with E-state index in [0.717, 1.165) is 55.2 Å². The molecule has 1 saturated heterocycles. The highest BCUT2D eigenvalue weighted by Gasteiger charge is 2.50. The van der Waals surface area contributed by atoms with Crippen molar-refractivity contribution in [2.24, 2.45) is 0 Å². The Bertz CT molecular complexity index is 1940. The van der Waals surface area contributed by atoms with E-state index < -0.39 is 45.1 Å². The number of carbonyl (C=O) groups is 2. The second-order valence-corrected chi connectivity index (χ2v) is 28.8. The van der Waals surface area contributed by atoms with Crippen molar-refractivity contribution in [2.75, 3.05) is 19.8 Å². The van der Waals surface area contributed by atoms with Crippen LogP contribution < -0.4 is 0 Å². The fourth-order valence-electron chi connectivity index (χ4n) is 9.92. The third-order valence-electron chi connectivity index (χ3n) is 16.0. The molecule has 0 N–H and O–H groups in total. The molecule has 3 aromatic rings. The van der Waals surface area contributed by atoms with Crippen LogP contribution in [0, 0.1) is 0 Å². The predicted molar refractivity (Wildman–Crippen MR) is 324 cm³/mol.